The molecule has 0 aliphatic heterocycles. The number of ether oxygens (including phenoxy) is 1. The predicted octanol–water partition coefficient (Wildman–Crippen LogP) is 0.527. The number of amides is 1. The van der Waals surface area contributed by atoms with Gasteiger partial charge in [-0.15, -0.1) is 0 Å². The summed E-state index contributed by atoms with van der Waals surface area (Å²) in [7, 11) is 1.65. The van der Waals surface area contributed by atoms with Crippen molar-refractivity contribution in [1.29, 1.82) is 0 Å². The third-order valence-electron chi connectivity index (χ3n) is 2.68. The van der Waals surface area contributed by atoms with Gasteiger partial charge >= 0.3 is 0 Å². The zero-order valence-electron chi connectivity index (χ0n) is 9.93. The van der Waals surface area contributed by atoms with E-state index in [0.29, 0.717) is 13.1 Å². The fourth-order valence-corrected chi connectivity index (χ4v) is 1.16. The van der Waals surface area contributed by atoms with Crippen molar-refractivity contribution in [3.63, 3.8) is 0 Å². The van der Waals surface area contributed by atoms with Crippen LogP contribution < -0.4 is 10.6 Å². The first kappa shape index (κ1) is 12.5. The van der Waals surface area contributed by atoms with Crippen molar-refractivity contribution >= 4 is 5.91 Å². The minimum absolute atomic E-state index is 0.0424. The van der Waals surface area contributed by atoms with Crippen LogP contribution in [-0.2, 0) is 9.53 Å². The van der Waals surface area contributed by atoms with Gasteiger partial charge < -0.3 is 15.4 Å². The predicted molar refractivity (Wildman–Crippen MR) is 59.7 cm³/mol. The van der Waals surface area contributed by atoms with Crippen LogP contribution in [0.25, 0.3) is 0 Å². The van der Waals surface area contributed by atoms with Crippen LogP contribution in [0.2, 0.25) is 0 Å². The summed E-state index contributed by atoms with van der Waals surface area (Å²) in [6, 6.07) is 0. The Balaban J connectivity index is 2.01. The Morgan fingerprint density at radius 3 is 2.67 bits per heavy atom. The molecule has 1 fully saturated rings. The van der Waals surface area contributed by atoms with Crippen molar-refractivity contribution in [2.45, 2.75) is 32.3 Å². The highest BCUT2D eigenvalue weighted by molar-refractivity contribution is 5.78. The van der Waals surface area contributed by atoms with Gasteiger partial charge in [-0.3, -0.25) is 4.79 Å². The van der Waals surface area contributed by atoms with Gasteiger partial charge in [-0.25, -0.2) is 0 Å². The maximum absolute atomic E-state index is 11.4. The van der Waals surface area contributed by atoms with Crippen LogP contribution in [0.3, 0.4) is 0 Å². The molecular formula is C11H22N2O2. The number of nitrogens with one attached hydrogen (secondary N) is 2. The Labute approximate surface area is 91.8 Å². The molecule has 1 aliphatic carbocycles. The lowest BCUT2D eigenvalue weighted by molar-refractivity contribution is -0.121. The molecule has 0 spiro atoms. The van der Waals surface area contributed by atoms with Crippen LogP contribution in [0.5, 0.6) is 0 Å². The molecular weight excluding hydrogens is 192 g/mol. The van der Waals surface area contributed by atoms with Crippen molar-refractivity contribution in [2.75, 3.05) is 26.7 Å². The minimum Gasteiger partial charge on any atom is -0.377 e. The summed E-state index contributed by atoms with van der Waals surface area (Å²) >= 11 is 0. The fraction of sp³-hybridized carbons (Fsp3) is 0.909. The third kappa shape index (κ3) is 5.74. The van der Waals surface area contributed by atoms with Crippen molar-refractivity contribution in [2.24, 2.45) is 5.92 Å². The van der Waals surface area contributed by atoms with Gasteiger partial charge in [0.05, 0.1) is 12.1 Å². The molecule has 2 N–H and O–H groups in total. The third-order valence-corrected chi connectivity index (χ3v) is 2.68. The average molecular weight is 214 g/mol. The van der Waals surface area contributed by atoms with E-state index >= 15 is 0 Å². The number of carbonyl (C=O) groups excluding carboxylic acids is 1. The van der Waals surface area contributed by atoms with Gasteiger partial charge in [0.2, 0.25) is 5.91 Å². The Kier molecular flexibility index (Phi) is 4.54. The molecule has 1 aliphatic rings. The second-order valence-corrected chi connectivity index (χ2v) is 4.81. The normalized spacial score (nSPS) is 16.5. The van der Waals surface area contributed by atoms with E-state index < -0.39 is 0 Å². The number of methoxy groups -OCH3 is 1. The number of hydrogen-bond donors (Lipinski definition) is 2. The Morgan fingerprint density at radius 2 is 2.13 bits per heavy atom. The maximum Gasteiger partial charge on any atom is 0.234 e. The average Bonchev–Trinajstić information content (AvgIpc) is 2.99. The van der Waals surface area contributed by atoms with Crippen LogP contribution >= 0.6 is 0 Å². The molecule has 0 aromatic rings. The van der Waals surface area contributed by atoms with Gasteiger partial charge in [0.25, 0.3) is 0 Å². The molecule has 0 radical (unpaired) electrons. The van der Waals surface area contributed by atoms with Gasteiger partial charge in [-0.1, -0.05) is 0 Å². The zero-order chi connectivity index (χ0) is 11.3. The molecule has 0 aromatic heterocycles. The van der Waals surface area contributed by atoms with Crippen LogP contribution in [0.15, 0.2) is 0 Å². The van der Waals surface area contributed by atoms with E-state index in [1.165, 1.54) is 12.8 Å². The van der Waals surface area contributed by atoms with Crippen LogP contribution in [-0.4, -0.2) is 38.3 Å². The Morgan fingerprint density at radius 1 is 1.47 bits per heavy atom. The molecule has 1 amide bonds. The summed E-state index contributed by atoms with van der Waals surface area (Å²) in [4.78, 5) is 11.4. The van der Waals surface area contributed by atoms with E-state index in [9.17, 15) is 4.79 Å². The monoisotopic (exact) mass is 214 g/mol. The highest BCUT2D eigenvalue weighted by Gasteiger charge is 2.21. The molecule has 0 atom stereocenters. The highest BCUT2D eigenvalue weighted by Crippen LogP contribution is 2.27. The highest BCUT2D eigenvalue weighted by atomic mass is 16.5. The topological polar surface area (TPSA) is 50.4 Å². The van der Waals surface area contributed by atoms with E-state index in [0.717, 1.165) is 12.5 Å². The van der Waals surface area contributed by atoms with Crippen molar-refractivity contribution in [1.82, 2.24) is 10.6 Å². The van der Waals surface area contributed by atoms with Gasteiger partial charge in [-0.2, -0.15) is 0 Å². The lowest BCUT2D eigenvalue weighted by atomic mass is 10.1. The van der Waals surface area contributed by atoms with Crippen LogP contribution in [0.4, 0.5) is 0 Å². The van der Waals surface area contributed by atoms with E-state index in [2.05, 4.69) is 10.6 Å². The van der Waals surface area contributed by atoms with Gasteiger partial charge in [0.1, 0.15) is 0 Å². The first-order valence-electron chi connectivity index (χ1n) is 5.56. The Bertz CT molecular complexity index is 213. The van der Waals surface area contributed by atoms with Gasteiger partial charge in [0, 0.05) is 13.7 Å². The molecule has 15 heavy (non-hydrogen) atoms. The van der Waals surface area contributed by atoms with E-state index in [1.807, 2.05) is 13.8 Å². The molecule has 0 aromatic carbocycles. The smallest absolute Gasteiger partial charge is 0.234 e. The van der Waals surface area contributed by atoms with Crippen LogP contribution in [0.1, 0.15) is 26.7 Å². The molecule has 1 rings (SSSR count). The molecule has 4 heteroatoms. The largest absolute Gasteiger partial charge is 0.377 e. The second kappa shape index (κ2) is 5.47. The molecule has 1 saturated carbocycles. The summed E-state index contributed by atoms with van der Waals surface area (Å²) in [5.41, 5.74) is -0.286. The van der Waals surface area contributed by atoms with E-state index in [1.54, 1.807) is 7.11 Å². The summed E-state index contributed by atoms with van der Waals surface area (Å²) in [5, 5.41) is 5.99. The molecule has 88 valence electrons. The quantitative estimate of drug-likeness (QED) is 0.650. The van der Waals surface area contributed by atoms with Crippen molar-refractivity contribution < 1.29 is 9.53 Å². The Hall–Kier alpha value is -0.610. The second-order valence-electron chi connectivity index (χ2n) is 4.81. The van der Waals surface area contributed by atoms with Crippen molar-refractivity contribution in [3.05, 3.63) is 0 Å². The standard InChI is InChI=1S/C11H22N2O2/c1-11(2,15-3)8-13-10(14)7-12-6-9-4-5-9/h9,12H,4-8H2,1-3H3,(H,13,14). The molecule has 0 bridgehead atoms. The molecule has 0 unspecified atom stereocenters. The molecule has 4 nitrogen and oxygen atoms in total. The lowest BCUT2D eigenvalue weighted by Gasteiger charge is -2.23. The maximum atomic E-state index is 11.4. The SMILES string of the molecule is COC(C)(C)CNC(=O)CNCC1CC1. The van der Waals surface area contributed by atoms with E-state index in [-0.39, 0.29) is 11.5 Å². The van der Waals surface area contributed by atoms with Gasteiger partial charge in [0.15, 0.2) is 0 Å². The summed E-state index contributed by atoms with van der Waals surface area (Å²) < 4.78 is 5.21. The number of carbonyl (C=O) groups is 1. The minimum atomic E-state index is -0.286. The molecule has 0 saturated heterocycles. The summed E-state index contributed by atoms with van der Waals surface area (Å²) in [5.74, 6) is 0.856. The number of rotatable bonds is 7. The van der Waals surface area contributed by atoms with Crippen LogP contribution in [0, 0.1) is 5.92 Å². The molecule has 0 heterocycles. The van der Waals surface area contributed by atoms with Crippen molar-refractivity contribution in [3.8, 4) is 0 Å². The first-order valence-corrected chi connectivity index (χ1v) is 5.56. The summed E-state index contributed by atoms with van der Waals surface area (Å²) in [6.45, 7) is 5.83. The number of hydrogen-bond acceptors (Lipinski definition) is 3. The van der Waals surface area contributed by atoms with Gasteiger partial charge in [-0.05, 0) is 39.2 Å². The fourth-order valence-electron chi connectivity index (χ4n) is 1.16. The zero-order valence-corrected chi connectivity index (χ0v) is 9.93. The van der Waals surface area contributed by atoms with E-state index in [4.69, 9.17) is 4.74 Å². The first-order chi connectivity index (χ1) is 7.03. The summed E-state index contributed by atoms with van der Waals surface area (Å²) in [6.07, 6.45) is 2.62. The lowest BCUT2D eigenvalue weighted by Crippen LogP contribution is -2.43.